The highest BCUT2D eigenvalue weighted by atomic mass is 16.2. The first kappa shape index (κ1) is 12.9. The first-order valence-electron chi connectivity index (χ1n) is 4.60. The highest BCUT2D eigenvalue weighted by Crippen LogP contribution is 1.93. The Morgan fingerprint density at radius 1 is 1.36 bits per heavy atom. The zero-order valence-electron chi connectivity index (χ0n) is 9.20. The topological polar surface area (TPSA) is 75.4 Å². The van der Waals surface area contributed by atoms with Crippen molar-refractivity contribution in [3.8, 4) is 0 Å². The summed E-state index contributed by atoms with van der Waals surface area (Å²) < 4.78 is 0. The summed E-state index contributed by atoms with van der Waals surface area (Å²) >= 11 is 0. The summed E-state index contributed by atoms with van der Waals surface area (Å²) in [6, 6.07) is -0.285. The molecule has 14 heavy (non-hydrogen) atoms. The molecule has 0 spiro atoms. The minimum atomic E-state index is -0.359. The van der Waals surface area contributed by atoms with E-state index >= 15 is 0 Å². The van der Waals surface area contributed by atoms with Crippen molar-refractivity contribution in [2.75, 3.05) is 20.6 Å². The van der Waals surface area contributed by atoms with Gasteiger partial charge in [-0.05, 0) is 6.92 Å². The van der Waals surface area contributed by atoms with Crippen molar-refractivity contribution in [3.05, 3.63) is 0 Å². The Morgan fingerprint density at radius 3 is 2.21 bits per heavy atom. The van der Waals surface area contributed by atoms with Gasteiger partial charge in [0, 0.05) is 26.6 Å². The normalized spacial score (nSPS) is 14.6. The van der Waals surface area contributed by atoms with Gasteiger partial charge in [-0.25, -0.2) is 0 Å². The van der Waals surface area contributed by atoms with Gasteiger partial charge >= 0.3 is 0 Å². The smallest absolute Gasteiger partial charge is 0.238 e. The van der Waals surface area contributed by atoms with Crippen LogP contribution in [0, 0.1) is 5.92 Å². The van der Waals surface area contributed by atoms with Crippen LogP contribution in [0.4, 0.5) is 0 Å². The molecule has 0 heterocycles. The quantitative estimate of drug-likeness (QED) is 0.610. The van der Waals surface area contributed by atoms with Gasteiger partial charge in [-0.3, -0.25) is 9.59 Å². The second-order valence-electron chi connectivity index (χ2n) is 3.67. The van der Waals surface area contributed by atoms with Crippen molar-refractivity contribution in [1.29, 1.82) is 0 Å². The molecule has 0 saturated heterocycles. The second-order valence-corrected chi connectivity index (χ2v) is 3.67. The van der Waals surface area contributed by atoms with E-state index in [1.165, 1.54) is 4.90 Å². The van der Waals surface area contributed by atoms with Crippen LogP contribution in [0.1, 0.15) is 13.8 Å². The predicted molar refractivity (Wildman–Crippen MR) is 54.5 cm³/mol. The Hall–Kier alpha value is -1.10. The summed E-state index contributed by atoms with van der Waals surface area (Å²) in [6.07, 6.45) is 0. The lowest BCUT2D eigenvalue weighted by molar-refractivity contribution is -0.131. The van der Waals surface area contributed by atoms with Crippen molar-refractivity contribution >= 4 is 11.8 Å². The Labute approximate surface area is 84.6 Å². The number of hydrogen-bond acceptors (Lipinski definition) is 3. The summed E-state index contributed by atoms with van der Waals surface area (Å²) in [4.78, 5) is 23.6. The third-order valence-corrected chi connectivity index (χ3v) is 2.03. The van der Waals surface area contributed by atoms with Gasteiger partial charge in [-0.1, -0.05) is 6.92 Å². The number of hydrogen-bond donors (Lipinski definition) is 2. The molecule has 2 unspecified atom stereocenters. The van der Waals surface area contributed by atoms with Gasteiger partial charge in [-0.15, -0.1) is 0 Å². The minimum Gasteiger partial charge on any atom is -0.369 e. The lowest BCUT2D eigenvalue weighted by Gasteiger charge is -2.19. The maximum Gasteiger partial charge on any atom is 0.238 e. The lowest BCUT2D eigenvalue weighted by atomic mass is 10.1. The largest absolute Gasteiger partial charge is 0.369 e. The van der Waals surface area contributed by atoms with Gasteiger partial charge < -0.3 is 16.0 Å². The molecule has 0 bridgehead atoms. The van der Waals surface area contributed by atoms with E-state index in [1.807, 2.05) is 0 Å². The molecule has 0 aromatic rings. The molecule has 0 aliphatic heterocycles. The van der Waals surface area contributed by atoms with Crippen LogP contribution in [0.25, 0.3) is 0 Å². The highest BCUT2D eigenvalue weighted by molar-refractivity contribution is 5.81. The fourth-order valence-electron chi connectivity index (χ4n) is 0.929. The van der Waals surface area contributed by atoms with Crippen molar-refractivity contribution in [2.24, 2.45) is 11.7 Å². The first-order valence-corrected chi connectivity index (χ1v) is 4.60. The van der Waals surface area contributed by atoms with Crippen LogP contribution in [0.3, 0.4) is 0 Å². The summed E-state index contributed by atoms with van der Waals surface area (Å²) in [5.74, 6) is -0.629. The molecule has 3 N–H and O–H groups in total. The van der Waals surface area contributed by atoms with Crippen LogP contribution < -0.4 is 11.1 Å². The van der Waals surface area contributed by atoms with Crippen LogP contribution in [-0.4, -0.2) is 43.4 Å². The zero-order valence-corrected chi connectivity index (χ0v) is 9.20. The average Bonchev–Trinajstić information content (AvgIpc) is 2.11. The number of carbonyl (C=O) groups is 2. The fourth-order valence-corrected chi connectivity index (χ4v) is 0.929. The molecule has 0 aliphatic carbocycles. The molecule has 82 valence electrons. The molecule has 0 rings (SSSR count). The van der Waals surface area contributed by atoms with E-state index in [4.69, 9.17) is 5.73 Å². The van der Waals surface area contributed by atoms with E-state index in [0.29, 0.717) is 6.54 Å². The van der Waals surface area contributed by atoms with E-state index in [2.05, 4.69) is 5.32 Å². The minimum absolute atomic E-state index is 0.0123. The second kappa shape index (κ2) is 5.59. The lowest BCUT2D eigenvalue weighted by Crippen LogP contribution is -2.44. The molecule has 0 aromatic carbocycles. The number of nitrogens with two attached hydrogens (primary N) is 1. The number of carbonyl (C=O) groups excluding carboxylic acids is 2. The van der Waals surface area contributed by atoms with Crippen molar-refractivity contribution in [1.82, 2.24) is 10.2 Å². The van der Waals surface area contributed by atoms with E-state index < -0.39 is 0 Å². The Bertz CT molecular complexity index is 216. The number of nitrogens with one attached hydrogen (secondary N) is 1. The van der Waals surface area contributed by atoms with Crippen LogP contribution >= 0.6 is 0 Å². The number of nitrogens with zero attached hydrogens (tertiary/aromatic N) is 1. The fraction of sp³-hybridized carbons (Fsp3) is 0.778. The highest BCUT2D eigenvalue weighted by Gasteiger charge is 2.16. The Morgan fingerprint density at radius 2 is 1.86 bits per heavy atom. The molecule has 2 atom stereocenters. The Kier molecular flexibility index (Phi) is 5.15. The van der Waals surface area contributed by atoms with Crippen LogP contribution in [0.2, 0.25) is 0 Å². The molecular formula is C9H19N3O2. The van der Waals surface area contributed by atoms with Gasteiger partial charge in [0.05, 0.1) is 6.04 Å². The summed E-state index contributed by atoms with van der Waals surface area (Å²) in [7, 11) is 3.38. The SMILES string of the molecule is CC(CNC(C)C(=O)N(C)C)C(N)=O. The van der Waals surface area contributed by atoms with Gasteiger partial charge in [0.2, 0.25) is 11.8 Å². The van der Waals surface area contributed by atoms with E-state index in [9.17, 15) is 9.59 Å². The maximum atomic E-state index is 11.4. The number of likely N-dealkylation sites (N-methyl/N-ethyl adjacent to an activating group) is 1. The molecule has 0 saturated carbocycles. The third-order valence-electron chi connectivity index (χ3n) is 2.03. The molecule has 2 amide bonds. The molecule has 0 aromatic heterocycles. The molecule has 0 aliphatic rings. The van der Waals surface area contributed by atoms with Crippen molar-refractivity contribution in [2.45, 2.75) is 19.9 Å². The summed E-state index contributed by atoms with van der Waals surface area (Å²) in [6.45, 7) is 3.91. The molecule has 5 nitrogen and oxygen atoms in total. The molecule has 0 fully saturated rings. The van der Waals surface area contributed by atoms with E-state index in [-0.39, 0.29) is 23.8 Å². The van der Waals surface area contributed by atoms with Crippen molar-refractivity contribution < 1.29 is 9.59 Å². The monoisotopic (exact) mass is 201 g/mol. The van der Waals surface area contributed by atoms with Crippen LogP contribution in [-0.2, 0) is 9.59 Å². The van der Waals surface area contributed by atoms with E-state index in [1.54, 1.807) is 27.9 Å². The number of primary amides is 1. The Balaban J connectivity index is 3.90. The average molecular weight is 201 g/mol. The molecule has 0 radical (unpaired) electrons. The predicted octanol–water partition coefficient (Wildman–Crippen LogP) is -0.826. The van der Waals surface area contributed by atoms with Gasteiger partial charge in [0.25, 0.3) is 0 Å². The van der Waals surface area contributed by atoms with Gasteiger partial charge in [0.1, 0.15) is 0 Å². The van der Waals surface area contributed by atoms with Crippen molar-refractivity contribution in [3.63, 3.8) is 0 Å². The molecular weight excluding hydrogens is 182 g/mol. The summed E-state index contributed by atoms with van der Waals surface area (Å²) in [5, 5.41) is 2.95. The standard InChI is InChI=1S/C9H19N3O2/c1-6(8(10)13)5-11-7(2)9(14)12(3)4/h6-7,11H,5H2,1-4H3,(H2,10,13). The van der Waals surface area contributed by atoms with E-state index in [0.717, 1.165) is 0 Å². The first-order chi connectivity index (χ1) is 6.36. The van der Waals surface area contributed by atoms with Crippen LogP contribution in [0.5, 0.6) is 0 Å². The molecule has 5 heteroatoms. The van der Waals surface area contributed by atoms with Gasteiger partial charge in [0.15, 0.2) is 0 Å². The zero-order chi connectivity index (χ0) is 11.3. The third kappa shape index (κ3) is 4.23. The van der Waals surface area contributed by atoms with Gasteiger partial charge in [-0.2, -0.15) is 0 Å². The number of rotatable bonds is 5. The van der Waals surface area contributed by atoms with Crippen LogP contribution in [0.15, 0.2) is 0 Å². The number of amides is 2. The summed E-state index contributed by atoms with van der Waals surface area (Å²) in [5.41, 5.74) is 5.08. The maximum absolute atomic E-state index is 11.4.